The average molecular weight is 372 g/mol. The van der Waals surface area contributed by atoms with Crippen LogP contribution >= 0.6 is 0 Å². The average Bonchev–Trinajstić information content (AvgIpc) is 2.69. The van der Waals surface area contributed by atoms with Gasteiger partial charge in [0.1, 0.15) is 53.4 Å². The van der Waals surface area contributed by atoms with Gasteiger partial charge >= 0.3 is 0 Å². The van der Waals surface area contributed by atoms with Crippen LogP contribution in [-0.2, 0) is 0 Å². The Morgan fingerprint density at radius 3 is 2.30 bits per heavy atom. The van der Waals surface area contributed by atoms with E-state index in [0.29, 0.717) is 19.0 Å². The number of aromatic nitrogens is 2. The molecule has 2 N–H and O–H groups in total. The van der Waals surface area contributed by atoms with Crippen LogP contribution in [0.15, 0.2) is 54.9 Å². The molecule has 140 valence electrons. The zero-order valence-corrected chi connectivity index (χ0v) is 14.6. The summed E-state index contributed by atoms with van der Waals surface area (Å²) in [6.07, 6.45) is 1.30. The molecule has 0 saturated carbocycles. The first-order valence-corrected chi connectivity index (χ1v) is 8.19. The fourth-order valence-electron chi connectivity index (χ4n) is 2.29. The molecular weight excluding hydrogens is 354 g/mol. The van der Waals surface area contributed by atoms with Crippen molar-refractivity contribution >= 4 is 17.3 Å². The highest BCUT2D eigenvalue weighted by Crippen LogP contribution is 2.22. The Morgan fingerprint density at radius 2 is 1.59 bits per heavy atom. The molecule has 0 saturated heterocycles. The van der Waals surface area contributed by atoms with Crippen molar-refractivity contribution in [3.05, 3.63) is 66.5 Å². The third-order valence-corrected chi connectivity index (χ3v) is 3.62. The summed E-state index contributed by atoms with van der Waals surface area (Å²) in [5, 5.41) is 5.69. The number of hydrogen-bond acceptors (Lipinski definition) is 6. The number of methoxy groups -OCH3 is 1. The van der Waals surface area contributed by atoms with E-state index < -0.39 is 11.6 Å². The smallest absolute Gasteiger partial charge is 0.149 e. The van der Waals surface area contributed by atoms with Crippen molar-refractivity contribution in [3.63, 3.8) is 0 Å². The Kier molecular flexibility index (Phi) is 5.98. The highest BCUT2D eigenvalue weighted by molar-refractivity contribution is 5.59. The predicted molar refractivity (Wildman–Crippen MR) is 98.7 cm³/mol. The van der Waals surface area contributed by atoms with Crippen molar-refractivity contribution in [1.82, 2.24) is 9.97 Å². The van der Waals surface area contributed by atoms with Gasteiger partial charge in [-0.05, 0) is 36.4 Å². The van der Waals surface area contributed by atoms with E-state index in [4.69, 9.17) is 9.47 Å². The molecule has 0 amide bonds. The Bertz CT molecular complexity index is 871. The van der Waals surface area contributed by atoms with E-state index in [-0.39, 0.29) is 11.5 Å². The van der Waals surface area contributed by atoms with E-state index in [1.165, 1.54) is 24.5 Å². The van der Waals surface area contributed by atoms with Gasteiger partial charge in [-0.25, -0.2) is 18.7 Å². The summed E-state index contributed by atoms with van der Waals surface area (Å²) in [5.41, 5.74) is -0.259. The molecule has 0 aliphatic heterocycles. The molecule has 0 unspecified atom stereocenters. The van der Waals surface area contributed by atoms with Crippen LogP contribution in [0.2, 0.25) is 0 Å². The van der Waals surface area contributed by atoms with Crippen molar-refractivity contribution in [2.75, 3.05) is 30.9 Å². The Morgan fingerprint density at radius 1 is 0.926 bits per heavy atom. The number of ether oxygens (including phenoxy) is 2. The second kappa shape index (κ2) is 8.79. The minimum absolute atomic E-state index is 0.259. The first kappa shape index (κ1) is 18.4. The Hall–Kier alpha value is -3.42. The number of anilines is 3. The molecule has 0 radical (unpaired) electrons. The lowest BCUT2D eigenvalue weighted by Crippen LogP contribution is -2.12. The summed E-state index contributed by atoms with van der Waals surface area (Å²) in [5.74, 6) is 0.854. The van der Waals surface area contributed by atoms with Gasteiger partial charge in [-0.1, -0.05) is 6.07 Å². The standard InChI is InChI=1S/C19H18F2N4O2/c1-26-13-5-7-14(8-6-13)27-10-9-22-17-11-18(24-12-23-17)25-19-15(20)3-2-4-16(19)21/h2-8,11-12H,9-10H2,1H3,(H2,22,23,24,25). The van der Waals surface area contributed by atoms with Crippen molar-refractivity contribution in [3.8, 4) is 11.5 Å². The number of benzene rings is 2. The molecule has 1 aromatic heterocycles. The second-order valence-electron chi connectivity index (χ2n) is 5.46. The van der Waals surface area contributed by atoms with Crippen molar-refractivity contribution < 1.29 is 18.3 Å². The quantitative estimate of drug-likeness (QED) is 0.583. The van der Waals surface area contributed by atoms with E-state index >= 15 is 0 Å². The molecule has 1 heterocycles. The highest BCUT2D eigenvalue weighted by Gasteiger charge is 2.09. The molecular formula is C19H18F2N4O2. The maximum Gasteiger partial charge on any atom is 0.149 e. The summed E-state index contributed by atoms with van der Waals surface area (Å²) < 4.78 is 38.1. The third-order valence-electron chi connectivity index (χ3n) is 3.62. The molecule has 27 heavy (non-hydrogen) atoms. The van der Waals surface area contributed by atoms with Gasteiger partial charge in [-0.2, -0.15) is 0 Å². The van der Waals surface area contributed by atoms with Crippen LogP contribution in [0.1, 0.15) is 0 Å². The molecule has 0 bridgehead atoms. The molecule has 0 aliphatic carbocycles. The van der Waals surface area contributed by atoms with Crippen LogP contribution in [0.4, 0.5) is 26.1 Å². The van der Waals surface area contributed by atoms with Crippen molar-refractivity contribution in [2.24, 2.45) is 0 Å². The number of nitrogens with zero attached hydrogens (tertiary/aromatic N) is 2. The summed E-state index contributed by atoms with van der Waals surface area (Å²) in [6.45, 7) is 0.886. The zero-order chi connectivity index (χ0) is 19.1. The normalized spacial score (nSPS) is 10.3. The number of para-hydroxylation sites is 1. The summed E-state index contributed by atoms with van der Waals surface area (Å²) >= 11 is 0. The lowest BCUT2D eigenvalue weighted by Gasteiger charge is -2.11. The van der Waals surface area contributed by atoms with E-state index in [1.807, 2.05) is 24.3 Å². The van der Waals surface area contributed by atoms with Gasteiger partial charge in [0.05, 0.1) is 13.7 Å². The van der Waals surface area contributed by atoms with Crippen molar-refractivity contribution in [2.45, 2.75) is 0 Å². The predicted octanol–water partition coefficient (Wildman–Crippen LogP) is 4.00. The minimum atomic E-state index is -0.698. The highest BCUT2D eigenvalue weighted by atomic mass is 19.1. The Labute approximate surface area is 155 Å². The van der Waals surface area contributed by atoms with Crippen LogP contribution in [0.3, 0.4) is 0 Å². The zero-order valence-electron chi connectivity index (χ0n) is 14.6. The molecule has 0 fully saturated rings. The first-order chi connectivity index (χ1) is 13.2. The first-order valence-electron chi connectivity index (χ1n) is 8.19. The minimum Gasteiger partial charge on any atom is -0.497 e. The van der Waals surface area contributed by atoms with E-state index in [1.54, 1.807) is 13.2 Å². The summed E-state index contributed by atoms with van der Waals surface area (Å²) in [7, 11) is 1.60. The van der Waals surface area contributed by atoms with Crippen LogP contribution in [0.5, 0.6) is 11.5 Å². The van der Waals surface area contributed by atoms with Gasteiger partial charge in [0, 0.05) is 6.07 Å². The number of hydrogen-bond donors (Lipinski definition) is 2. The second-order valence-corrected chi connectivity index (χ2v) is 5.46. The maximum atomic E-state index is 13.7. The number of halogens is 2. The van der Waals surface area contributed by atoms with Gasteiger partial charge in [0.2, 0.25) is 0 Å². The van der Waals surface area contributed by atoms with Crippen LogP contribution in [-0.4, -0.2) is 30.2 Å². The fraction of sp³-hybridized carbons (Fsp3) is 0.158. The lowest BCUT2D eigenvalue weighted by molar-refractivity contribution is 0.331. The number of nitrogens with one attached hydrogen (secondary N) is 2. The Balaban J connectivity index is 1.53. The summed E-state index contributed by atoms with van der Waals surface area (Å²) in [6, 6.07) is 12.4. The molecule has 0 aliphatic rings. The molecule has 8 heteroatoms. The number of rotatable bonds is 8. The molecule has 0 spiro atoms. The van der Waals surface area contributed by atoms with Gasteiger partial charge in [-0.15, -0.1) is 0 Å². The maximum absolute atomic E-state index is 13.7. The molecule has 3 aromatic rings. The van der Waals surface area contributed by atoms with Crippen LogP contribution in [0.25, 0.3) is 0 Å². The fourth-order valence-corrected chi connectivity index (χ4v) is 2.29. The van der Waals surface area contributed by atoms with Crippen LogP contribution < -0.4 is 20.1 Å². The van der Waals surface area contributed by atoms with Gasteiger partial charge in [0.15, 0.2) is 0 Å². The monoisotopic (exact) mass is 372 g/mol. The van der Waals surface area contributed by atoms with Gasteiger partial charge < -0.3 is 20.1 Å². The SMILES string of the molecule is COc1ccc(OCCNc2cc(Nc3c(F)cccc3F)ncn2)cc1. The van der Waals surface area contributed by atoms with Crippen LogP contribution in [0, 0.1) is 11.6 Å². The molecule has 0 atom stereocenters. The van der Waals surface area contributed by atoms with E-state index in [2.05, 4.69) is 20.6 Å². The molecule has 3 rings (SSSR count). The van der Waals surface area contributed by atoms with Crippen molar-refractivity contribution in [1.29, 1.82) is 0 Å². The topological polar surface area (TPSA) is 68.3 Å². The van der Waals surface area contributed by atoms with E-state index in [9.17, 15) is 8.78 Å². The van der Waals surface area contributed by atoms with E-state index in [0.717, 1.165) is 11.5 Å². The lowest BCUT2D eigenvalue weighted by atomic mass is 10.3. The van der Waals surface area contributed by atoms with Gasteiger partial charge in [-0.3, -0.25) is 0 Å². The summed E-state index contributed by atoms with van der Waals surface area (Å²) in [4.78, 5) is 8.04. The largest absolute Gasteiger partial charge is 0.497 e. The third kappa shape index (κ3) is 5.04. The van der Waals surface area contributed by atoms with Gasteiger partial charge in [0.25, 0.3) is 0 Å². The molecule has 2 aromatic carbocycles. The molecule has 6 nitrogen and oxygen atoms in total.